The SMILES string of the molecule is Cc1noc(C)c1C(=O)N1CCC[C@H](Cc2cncc3ccccc23)C1. The molecule has 4 rings (SSSR count). The van der Waals surface area contributed by atoms with Gasteiger partial charge < -0.3 is 9.42 Å². The third kappa shape index (κ3) is 3.09. The second-order valence-corrected chi connectivity index (χ2v) is 7.18. The number of hydrogen-bond donors (Lipinski definition) is 0. The summed E-state index contributed by atoms with van der Waals surface area (Å²) >= 11 is 0. The molecule has 0 radical (unpaired) electrons. The van der Waals surface area contributed by atoms with Crippen LogP contribution in [0, 0.1) is 19.8 Å². The molecular weight excluding hydrogens is 326 g/mol. The number of amides is 1. The van der Waals surface area contributed by atoms with Crippen LogP contribution >= 0.6 is 0 Å². The molecular formula is C21H23N3O2. The van der Waals surface area contributed by atoms with Crippen molar-refractivity contribution in [3.63, 3.8) is 0 Å². The second kappa shape index (κ2) is 6.90. The van der Waals surface area contributed by atoms with Gasteiger partial charge in [-0.1, -0.05) is 29.4 Å². The number of nitrogens with zero attached hydrogens (tertiary/aromatic N) is 3. The predicted molar refractivity (Wildman–Crippen MR) is 100 cm³/mol. The van der Waals surface area contributed by atoms with Crippen LogP contribution in [0.5, 0.6) is 0 Å². The maximum atomic E-state index is 12.9. The second-order valence-electron chi connectivity index (χ2n) is 7.18. The molecule has 0 saturated carbocycles. The number of fused-ring (bicyclic) bond motifs is 1. The molecule has 3 aromatic rings. The van der Waals surface area contributed by atoms with E-state index in [0.717, 1.165) is 32.4 Å². The molecule has 1 aliphatic heterocycles. The molecule has 5 heteroatoms. The molecule has 2 aromatic heterocycles. The Morgan fingerprint density at radius 2 is 2.12 bits per heavy atom. The summed E-state index contributed by atoms with van der Waals surface area (Å²) in [5.41, 5.74) is 2.56. The van der Waals surface area contributed by atoms with Gasteiger partial charge in [-0.05, 0) is 50.0 Å². The van der Waals surface area contributed by atoms with Crippen molar-refractivity contribution in [3.05, 3.63) is 59.2 Å². The van der Waals surface area contributed by atoms with Crippen LogP contribution in [0.4, 0.5) is 0 Å². The summed E-state index contributed by atoms with van der Waals surface area (Å²) in [5.74, 6) is 1.09. The highest BCUT2D eigenvalue weighted by atomic mass is 16.5. The van der Waals surface area contributed by atoms with Gasteiger partial charge in [-0.2, -0.15) is 0 Å². The first-order valence-electron chi connectivity index (χ1n) is 9.17. The average molecular weight is 349 g/mol. The average Bonchev–Trinajstić information content (AvgIpc) is 3.00. The zero-order valence-electron chi connectivity index (χ0n) is 15.2. The number of pyridine rings is 1. The molecule has 1 aromatic carbocycles. The Balaban J connectivity index is 1.53. The summed E-state index contributed by atoms with van der Waals surface area (Å²) < 4.78 is 5.17. The molecule has 1 saturated heterocycles. The van der Waals surface area contributed by atoms with E-state index in [4.69, 9.17) is 4.52 Å². The molecule has 0 N–H and O–H groups in total. The van der Waals surface area contributed by atoms with Gasteiger partial charge in [0.2, 0.25) is 0 Å². The molecule has 0 unspecified atom stereocenters. The third-order valence-electron chi connectivity index (χ3n) is 5.31. The Bertz CT molecular complexity index is 923. The minimum atomic E-state index is 0.0435. The number of carbonyl (C=O) groups is 1. The predicted octanol–water partition coefficient (Wildman–Crippen LogP) is 3.93. The van der Waals surface area contributed by atoms with E-state index in [-0.39, 0.29) is 5.91 Å². The fourth-order valence-corrected chi connectivity index (χ4v) is 4.02. The molecule has 0 bridgehead atoms. The van der Waals surface area contributed by atoms with E-state index in [9.17, 15) is 4.79 Å². The van der Waals surface area contributed by atoms with Crippen LogP contribution in [-0.2, 0) is 6.42 Å². The molecule has 26 heavy (non-hydrogen) atoms. The number of aryl methyl sites for hydroxylation is 2. The zero-order chi connectivity index (χ0) is 18.1. The minimum absolute atomic E-state index is 0.0435. The summed E-state index contributed by atoms with van der Waals surface area (Å²) in [6, 6.07) is 8.36. The topological polar surface area (TPSA) is 59.2 Å². The first-order valence-corrected chi connectivity index (χ1v) is 9.17. The van der Waals surface area contributed by atoms with Crippen LogP contribution in [0.25, 0.3) is 10.8 Å². The van der Waals surface area contributed by atoms with E-state index < -0.39 is 0 Å². The van der Waals surface area contributed by atoms with Crippen molar-refractivity contribution in [2.24, 2.45) is 5.92 Å². The number of likely N-dealkylation sites (tertiary alicyclic amines) is 1. The molecule has 5 nitrogen and oxygen atoms in total. The van der Waals surface area contributed by atoms with Gasteiger partial charge in [0.1, 0.15) is 11.3 Å². The molecule has 1 aliphatic rings. The molecule has 134 valence electrons. The highest BCUT2D eigenvalue weighted by Crippen LogP contribution is 2.26. The van der Waals surface area contributed by atoms with Crippen molar-refractivity contribution in [3.8, 4) is 0 Å². The lowest BCUT2D eigenvalue weighted by Crippen LogP contribution is -2.40. The van der Waals surface area contributed by atoms with Crippen LogP contribution in [0.1, 0.15) is 40.2 Å². The lowest BCUT2D eigenvalue weighted by molar-refractivity contribution is 0.0671. The van der Waals surface area contributed by atoms with E-state index in [0.29, 0.717) is 22.9 Å². The third-order valence-corrected chi connectivity index (χ3v) is 5.31. The highest BCUT2D eigenvalue weighted by Gasteiger charge is 2.28. The summed E-state index contributed by atoms with van der Waals surface area (Å²) in [6.07, 6.45) is 6.98. The van der Waals surface area contributed by atoms with Crippen molar-refractivity contribution < 1.29 is 9.32 Å². The van der Waals surface area contributed by atoms with Gasteiger partial charge in [-0.3, -0.25) is 9.78 Å². The Hall–Kier alpha value is -2.69. The van der Waals surface area contributed by atoms with E-state index in [1.165, 1.54) is 16.3 Å². The number of carbonyl (C=O) groups excluding carboxylic acids is 1. The minimum Gasteiger partial charge on any atom is -0.361 e. The molecule has 1 atom stereocenters. The van der Waals surface area contributed by atoms with E-state index >= 15 is 0 Å². The van der Waals surface area contributed by atoms with Gasteiger partial charge in [-0.25, -0.2) is 0 Å². The Kier molecular flexibility index (Phi) is 4.45. The maximum absolute atomic E-state index is 12.9. The number of piperidine rings is 1. The van der Waals surface area contributed by atoms with Crippen molar-refractivity contribution in [2.45, 2.75) is 33.1 Å². The van der Waals surface area contributed by atoms with Crippen molar-refractivity contribution in [1.82, 2.24) is 15.0 Å². The van der Waals surface area contributed by atoms with E-state index in [1.807, 2.05) is 30.3 Å². The van der Waals surface area contributed by atoms with Crippen LogP contribution in [0.15, 0.2) is 41.2 Å². The van der Waals surface area contributed by atoms with Crippen LogP contribution < -0.4 is 0 Å². The number of rotatable bonds is 3. The maximum Gasteiger partial charge on any atom is 0.259 e. The molecule has 0 aliphatic carbocycles. The Morgan fingerprint density at radius 1 is 1.27 bits per heavy atom. The summed E-state index contributed by atoms with van der Waals surface area (Å²) in [5, 5.41) is 6.35. The quantitative estimate of drug-likeness (QED) is 0.719. The number of benzene rings is 1. The molecule has 1 amide bonds. The standard InChI is InChI=1S/C21H23N3O2/c1-14-20(15(2)26-23-14)21(25)24-9-5-6-16(13-24)10-18-12-22-11-17-7-3-4-8-19(17)18/h3-4,7-8,11-12,16H,5-6,9-10,13H2,1-2H3/t16-/m1/s1. The summed E-state index contributed by atoms with van der Waals surface area (Å²) in [4.78, 5) is 19.3. The highest BCUT2D eigenvalue weighted by molar-refractivity contribution is 5.96. The van der Waals surface area contributed by atoms with Crippen LogP contribution in [0.3, 0.4) is 0 Å². The fourth-order valence-electron chi connectivity index (χ4n) is 4.02. The normalized spacial score (nSPS) is 17.6. The van der Waals surface area contributed by atoms with Crippen LogP contribution in [-0.4, -0.2) is 34.0 Å². The molecule has 3 heterocycles. The van der Waals surface area contributed by atoms with Crippen molar-refractivity contribution >= 4 is 16.7 Å². The van der Waals surface area contributed by atoms with E-state index in [1.54, 1.807) is 6.92 Å². The van der Waals surface area contributed by atoms with Gasteiger partial charge in [0.15, 0.2) is 0 Å². The van der Waals surface area contributed by atoms with E-state index in [2.05, 4.69) is 28.3 Å². The summed E-state index contributed by atoms with van der Waals surface area (Å²) in [7, 11) is 0. The Morgan fingerprint density at radius 3 is 2.92 bits per heavy atom. The van der Waals surface area contributed by atoms with Gasteiger partial charge in [0, 0.05) is 30.9 Å². The Labute approximate surface area is 153 Å². The lowest BCUT2D eigenvalue weighted by atomic mass is 9.90. The van der Waals surface area contributed by atoms with Crippen LogP contribution in [0.2, 0.25) is 0 Å². The zero-order valence-corrected chi connectivity index (χ0v) is 15.2. The first kappa shape index (κ1) is 16.8. The smallest absolute Gasteiger partial charge is 0.259 e. The van der Waals surface area contributed by atoms with Crippen molar-refractivity contribution in [1.29, 1.82) is 0 Å². The largest absolute Gasteiger partial charge is 0.361 e. The van der Waals surface area contributed by atoms with Crippen molar-refractivity contribution in [2.75, 3.05) is 13.1 Å². The number of hydrogen-bond acceptors (Lipinski definition) is 4. The lowest BCUT2D eigenvalue weighted by Gasteiger charge is -2.33. The molecule has 1 fully saturated rings. The van der Waals surface area contributed by atoms with Gasteiger partial charge in [0.05, 0.1) is 5.69 Å². The molecule has 0 spiro atoms. The van der Waals surface area contributed by atoms with Gasteiger partial charge in [0.25, 0.3) is 5.91 Å². The van der Waals surface area contributed by atoms with Gasteiger partial charge >= 0.3 is 0 Å². The van der Waals surface area contributed by atoms with Gasteiger partial charge in [-0.15, -0.1) is 0 Å². The number of aromatic nitrogens is 2. The monoisotopic (exact) mass is 349 g/mol. The summed E-state index contributed by atoms with van der Waals surface area (Å²) in [6.45, 7) is 5.20. The fraction of sp³-hybridized carbons (Fsp3) is 0.381. The first-order chi connectivity index (χ1) is 12.6.